The van der Waals surface area contributed by atoms with E-state index in [2.05, 4.69) is 20.5 Å². The van der Waals surface area contributed by atoms with Crippen LogP contribution in [0.2, 0.25) is 0 Å². The Kier molecular flexibility index (Phi) is 6.59. The molecule has 1 heterocycles. The molecule has 6 nitrogen and oxygen atoms in total. The summed E-state index contributed by atoms with van der Waals surface area (Å²) in [6, 6.07) is 21.2. The summed E-state index contributed by atoms with van der Waals surface area (Å²) in [5.41, 5.74) is 6.02. The highest BCUT2D eigenvalue weighted by atomic mass is 32.2. The Morgan fingerprint density at radius 3 is 2.65 bits per heavy atom. The van der Waals surface area contributed by atoms with Crippen LogP contribution in [0.15, 0.2) is 83.1 Å². The smallest absolute Gasteiger partial charge is 0.250 e. The number of thioether (sulfide) groups is 1. The average Bonchev–Trinajstić information content (AvgIpc) is 3.21. The molecule has 0 aliphatic heterocycles. The number of fused-ring (bicyclic) bond motifs is 1. The number of amides is 1. The molecule has 0 saturated carbocycles. The van der Waals surface area contributed by atoms with Gasteiger partial charge in [0, 0.05) is 0 Å². The fourth-order valence-electron chi connectivity index (χ4n) is 2.74. The lowest BCUT2D eigenvalue weighted by Crippen LogP contribution is -2.19. The van der Waals surface area contributed by atoms with Crippen LogP contribution in [0.5, 0.6) is 5.75 Å². The molecule has 0 saturated heterocycles. The minimum atomic E-state index is -0.271. The van der Waals surface area contributed by atoms with Gasteiger partial charge in [-0.2, -0.15) is 5.10 Å². The number of halogens is 1. The van der Waals surface area contributed by atoms with Crippen molar-refractivity contribution in [3.8, 4) is 5.75 Å². The molecule has 156 valence electrons. The van der Waals surface area contributed by atoms with Crippen LogP contribution < -0.4 is 10.2 Å². The average molecular weight is 434 g/mol. The Morgan fingerprint density at radius 1 is 1.10 bits per heavy atom. The molecular formula is C23H19FN4O2S. The van der Waals surface area contributed by atoms with Crippen LogP contribution in [0.1, 0.15) is 11.1 Å². The molecule has 8 heteroatoms. The molecule has 0 radical (unpaired) electrons. The Hall–Kier alpha value is -3.65. The van der Waals surface area contributed by atoms with Gasteiger partial charge in [0.15, 0.2) is 5.16 Å². The number of nitrogens with one attached hydrogen (secondary N) is 2. The number of hydrogen-bond donors (Lipinski definition) is 2. The summed E-state index contributed by atoms with van der Waals surface area (Å²) < 4.78 is 18.6. The normalized spacial score (nSPS) is 11.1. The summed E-state index contributed by atoms with van der Waals surface area (Å²) in [6.07, 6.45) is 1.56. The van der Waals surface area contributed by atoms with Gasteiger partial charge in [-0.3, -0.25) is 4.79 Å². The molecule has 0 unspecified atom stereocenters. The maximum absolute atomic E-state index is 12.9. The number of hydrogen-bond acceptors (Lipinski definition) is 5. The number of carbonyl (C=O) groups is 1. The molecule has 1 aromatic heterocycles. The maximum Gasteiger partial charge on any atom is 0.250 e. The van der Waals surface area contributed by atoms with Gasteiger partial charge in [0.1, 0.15) is 18.2 Å². The van der Waals surface area contributed by atoms with E-state index in [1.54, 1.807) is 18.3 Å². The van der Waals surface area contributed by atoms with Crippen LogP contribution in [0.3, 0.4) is 0 Å². The minimum absolute atomic E-state index is 0.202. The summed E-state index contributed by atoms with van der Waals surface area (Å²) >= 11 is 1.32. The van der Waals surface area contributed by atoms with E-state index in [0.29, 0.717) is 17.5 Å². The minimum Gasteiger partial charge on any atom is -0.489 e. The van der Waals surface area contributed by atoms with Gasteiger partial charge < -0.3 is 9.72 Å². The second kappa shape index (κ2) is 9.90. The van der Waals surface area contributed by atoms with E-state index in [9.17, 15) is 9.18 Å². The molecule has 0 aliphatic carbocycles. The van der Waals surface area contributed by atoms with Gasteiger partial charge in [0.2, 0.25) is 0 Å². The van der Waals surface area contributed by atoms with E-state index < -0.39 is 0 Å². The van der Waals surface area contributed by atoms with Crippen molar-refractivity contribution in [1.82, 2.24) is 15.4 Å². The van der Waals surface area contributed by atoms with Crippen LogP contribution in [0.4, 0.5) is 4.39 Å². The van der Waals surface area contributed by atoms with Crippen molar-refractivity contribution in [1.29, 1.82) is 0 Å². The molecule has 4 rings (SSSR count). The van der Waals surface area contributed by atoms with Crippen molar-refractivity contribution >= 4 is 34.9 Å². The third kappa shape index (κ3) is 5.93. The number of H-pyrrole nitrogens is 1. The van der Waals surface area contributed by atoms with Gasteiger partial charge in [0.25, 0.3) is 5.91 Å². The van der Waals surface area contributed by atoms with E-state index >= 15 is 0 Å². The number of ether oxygens (including phenoxy) is 1. The zero-order valence-electron chi connectivity index (χ0n) is 16.4. The molecule has 2 N–H and O–H groups in total. The van der Waals surface area contributed by atoms with Gasteiger partial charge >= 0.3 is 0 Å². The highest BCUT2D eigenvalue weighted by Crippen LogP contribution is 2.19. The Balaban J connectivity index is 1.21. The third-order valence-corrected chi connectivity index (χ3v) is 5.18. The Morgan fingerprint density at radius 2 is 1.87 bits per heavy atom. The highest BCUT2D eigenvalue weighted by Gasteiger charge is 2.06. The standard InChI is InChI=1S/C23H19FN4O2S/c24-18-9-5-17(6-10-18)14-30-19-11-7-16(8-12-19)13-25-28-22(29)15-31-23-26-20-3-1-2-4-21(20)27-23/h1-13H,14-15H2,(H,26,27)(H,28,29)/b25-13-. The summed E-state index contributed by atoms with van der Waals surface area (Å²) in [6.45, 7) is 0.354. The third-order valence-electron chi connectivity index (χ3n) is 4.31. The second-order valence-corrected chi connectivity index (χ2v) is 7.59. The van der Waals surface area contributed by atoms with Crippen molar-refractivity contribution in [2.24, 2.45) is 5.10 Å². The number of aromatic nitrogens is 2. The van der Waals surface area contributed by atoms with E-state index in [1.165, 1.54) is 23.9 Å². The molecule has 0 spiro atoms. The lowest BCUT2D eigenvalue weighted by molar-refractivity contribution is -0.118. The molecule has 0 aliphatic rings. The van der Waals surface area contributed by atoms with Gasteiger partial charge in [-0.05, 0) is 59.7 Å². The first-order valence-corrected chi connectivity index (χ1v) is 10.5. The number of carbonyl (C=O) groups excluding carboxylic acids is 1. The van der Waals surface area contributed by atoms with Crippen LogP contribution >= 0.6 is 11.8 Å². The number of nitrogens with zero attached hydrogens (tertiary/aromatic N) is 2. The van der Waals surface area contributed by atoms with E-state index in [-0.39, 0.29) is 17.5 Å². The maximum atomic E-state index is 12.9. The van der Waals surface area contributed by atoms with Crippen LogP contribution in [0.25, 0.3) is 11.0 Å². The summed E-state index contributed by atoms with van der Waals surface area (Å²) in [5.74, 6) is 0.397. The number of para-hydroxylation sites is 2. The van der Waals surface area contributed by atoms with E-state index in [4.69, 9.17) is 4.74 Å². The van der Waals surface area contributed by atoms with Crippen molar-refractivity contribution in [2.75, 3.05) is 5.75 Å². The number of imidazole rings is 1. The molecular weight excluding hydrogens is 415 g/mol. The van der Waals surface area contributed by atoms with Gasteiger partial charge in [-0.25, -0.2) is 14.8 Å². The van der Waals surface area contributed by atoms with Crippen molar-refractivity contribution in [3.63, 3.8) is 0 Å². The summed E-state index contributed by atoms with van der Waals surface area (Å²) in [7, 11) is 0. The predicted octanol–water partition coefficient (Wildman–Crippen LogP) is 4.52. The molecule has 3 aromatic carbocycles. The monoisotopic (exact) mass is 434 g/mol. The first kappa shape index (κ1) is 20.6. The van der Waals surface area contributed by atoms with E-state index in [0.717, 1.165) is 22.2 Å². The molecule has 31 heavy (non-hydrogen) atoms. The fourth-order valence-corrected chi connectivity index (χ4v) is 3.42. The second-order valence-electron chi connectivity index (χ2n) is 6.63. The van der Waals surface area contributed by atoms with Crippen molar-refractivity contribution in [2.45, 2.75) is 11.8 Å². The SMILES string of the molecule is O=C(CSc1nc2ccccc2[nH]1)N/N=C\c1ccc(OCc2ccc(F)cc2)cc1. The predicted molar refractivity (Wildman–Crippen MR) is 120 cm³/mol. The van der Waals surface area contributed by atoms with Crippen molar-refractivity contribution < 1.29 is 13.9 Å². The zero-order chi connectivity index (χ0) is 21.5. The first-order valence-electron chi connectivity index (χ1n) is 9.52. The van der Waals surface area contributed by atoms with Crippen LogP contribution in [0, 0.1) is 5.82 Å². The Bertz CT molecular complexity index is 1160. The molecule has 0 bridgehead atoms. The van der Waals surface area contributed by atoms with E-state index in [1.807, 2.05) is 48.5 Å². The number of benzene rings is 3. The fraction of sp³-hybridized carbons (Fsp3) is 0.0870. The number of rotatable bonds is 8. The number of aromatic amines is 1. The quantitative estimate of drug-likeness (QED) is 0.243. The first-order chi connectivity index (χ1) is 15.2. The molecule has 0 fully saturated rings. The molecule has 1 amide bonds. The van der Waals surface area contributed by atoms with Gasteiger partial charge in [0.05, 0.1) is 23.0 Å². The number of hydrazone groups is 1. The summed E-state index contributed by atoms with van der Waals surface area (Å²) in [4.78, 5) is 19.6. The van der Waals surface area contributed by atoms with Crippen LogP contribution in [-0.2, 0) is 11.4 Å². The zero-order valence-corrected chi connectivity index (χ0v) is 17.2. The summed E-state index contributed by atoms with van der Waals surface area (Å²) in [5, 5.41) is 4.67. The van der Waals surface area contributed by atoms with Gasteiger partial charge in [-0.15, -0.1) is 0 Å². The lowest BCUT2D eigenvalue weighted by Gasteiger charge is -2.06. The largest absolute Gasteiger partial charge is 0.489 e. The Labute approximate surface area is 182 Å². The molecule has 4 aromatic rings. The topological polar surface area (TPSA) is 79.4 Å². The molecule has 0 atom stereocenters. The van der Waals surface area contributed by atoms with Crippen LogP contribution in [-0.4, -0.2) is 27.8 Å². The highest BCUT2D eigenvalue weighted by molar-refractivity contribution is 7.99. The lowest BCUT2D eigenvalue weighted by atomic mass is 10.2. The van der Waals surface area contributed by atoms with Gasteiger partial charge in [-0.1, -0.05) is 36.0 Å². The van der Waals surface area contributed by atoms with Crippen molar-refractivity contribution in [3.05, 3.63) is 89.7 Å².